The molecule has 9 N–H and O–H groups in total. The molecule has 7 spiro atoms. The highest BCUT2D eigenvalue weighted by Crippen LogP contribution is 2.77. The van der Waals surface area contributed by atoms with Crippen molar-refractivity contribution < 1.29 is 49.7 Å². The molecule has 0 amide bonds. The minimum absolute atomic E-state index is 0.000516. The van der Waals surface area contributed by atoms with Crippen molar-refractivity contribution in [3.63, 3.8) is 0 Å². The normalized spacial score (nSPS) is 39.2. The highest BCUT2D eigenvalue weighted by atomic mass is 16.7. The van der Waals surface area contributed by atoms with Crippen LogP contribution in [0.2, 0.25) is 0 Å². The number of nitrogens with zero attached hydrogens (tertiary/aromatic N) is 2. The Kier molecular flexibility index (Phi) is 9.37. The largest absolute Gasteiger partial charge is 0.507 e. The fourth-order valence-corrected chi connectivity index (χ4v) is 21.6. The first-order chi connectivity index (χ1) is 39.1. The van der Waals surface area contributed by atoms with Gasteiger partial charge < -0.3 is 55.4 Å². The van der Waals surface area contributed by atoms with Crippen molar-refractivity contribution >= 4 is 39.8 Å². The number of pyridine rings is 1. The number of imidazole rings is 1. The molecule has 8 bridgehead atoms. The third-order valence-corrected chi connectivity index (χ3v) is 24.6. The molecular formula is C66H69N5O10. The Labute approximate surface area is 468 Å². The number of hydrogen-bond donors (Lipinski definition) is 9. The number of fused-ring (bicyclic) bond motifs is 10. The molecule has 0 radical (unpaired) electrons. The summed E-state index contributed by atoms with van der Waals surface area (Å²) in [5.74, 6) is -3.81. The van der Waals surface area contributed by atoms with Gasteiger partial charge in [0.25, 0.3) is 5.79 Å². The highest BCUT2D eigenvalue weighted by molar-refractivity contribution is 6.34. The second-order valence-electron chi connectivity index (χ2n) is 28.1. The van der Waals surface area contributed by atoms with E-state index in [1.165, 1.54) is 6.07 Å². The molecular weight excluding hydrogens is 1020 g/mol. The summed E-state index contributed by atoms with van der Waals surface area (Å²) in [7, 11) is 0. The third kappa shape index (κ3) is 5.60. The minimum Gasteiger partial charge on any atom is -0.507 e. The molecule has 19 rings (SSSR count). The van der Waals surface area contributed by atoms with Gasteiger partial charge in [-0.25, -0.2) is 9.97 Å². The number of aryl methyl sites for hydroxylation is 2. The van der Waals surface area contributed by atoms with Crippen molar-refractivity contribution in [3.8, 4) is 11.5 Å². The van der Waals surface area contributed by atoms with Gasteiger partial charge in [0.05, 0.1) is 46.5 Å². The zero-order chi connectivity index (χ0) is 54.7. The van der Waals surface area contributed by atoms with Gasteiger partial charge in [0.1, 0.15) is 29.5 Å². The van der Waals surface area contributed by atoms with Crippen LogP contribution in [0.25, 0.3) is 22.4 Å². The molecule has 13 atom stereocenters. The van der Waals surface area contributed by atoms with Gasteiger partial charge in [-0.15, -0.1) is 0 Å². The lowest BCUT2D eigenvalue weighted by Gasteiger charge is -2.64. The maximum atomic E-state index is 15.5. The number of aliphatic hydroxyl groups excluding tert-OH is 5. The van der Waals surface area contributed by atoms with Crippen molar-refractivity contribution in [1.82, 2.24) is 19.9 Å². The highest BCUT2D eigenvalue weighted by Gasteiger charge is 2.77. The Hall–Kier alpha value is -5.94. The van der Waals surface area contributed by atoms with Crippen LogP contribution in [0.5, 0.6) is 11.5 Å². The van der Waals surface area contributed by atoms with Crippen LogP contribution < -0.4 is 10.1 Å². The Morgan fingerprint density at radius 2 is 1.63 bits per heavy atom. The Morgan fingerprint density at radius 3 is 2.46 bits per heavy atom. The zero-order valence-corrected chi connectivity index (χ0v) is 45.7. The fourth-order valence-electron chi connectivity index (χ4n) is 21.6. The van der Waals surface area contributed by atoms with Crippen molar-refractivity contribution in [1.29, 1.82) is 0 Å². The topological polar surface area (TPSA) is 243 Å². The molecule has 14 aliphatic rings. The number of phenolic OH excluding ortho intramolecular Hbond substituents is 1. The molecule has 4 aliphatic heterocycles. The molecule has 10 aliphatic carbocycles. The average Bonchev–Trinajstić information content (AvgIpc) is 1.72. The molecule has 81 heavy (non-hydrogen) atoms. The van der Waals surface area contributed by atoms with Gasteiger partial charge in [-0.05, 0) is 178 Å². The number of carbonyl (C=O) groups excluding carboxylic acids is 2. The number of aromatic hydroxyl groups is 1. The number of aromatic amines is 2. The van der Waals surface area contributed by atoms with E-state index in [2.05, 4.69) is 27.4 Å². The summed E-state index contributed by atoms with van der Waals surface area (Å²) in [6.07, 6.45) is 18.8. The number of aromatic nitrogens is 4. The summed E-state index contributed by atoms with van der Waals surface area (Å²) in [4.78, 5) is 48.8. The number of anilines is 1. The number of phenols is 1. The first kappa shape index (κ1) is 48.6. The van der Waals surface area contributed by atoms with Crippen LogP contribution in [0.1, 0.15) is 193 Å². The number of H-pyrrole nitrogens is 2. The molecule has 5 saturated carbocycles. The maximum absolute atomic E-state index is 15.5. The molecule has 418 valence electrons. The first-order valence-corrected chi connectivity index (χ1v) is 30.5. The second kappa shape index (κ2) is 15.6. The minimum atomic E-state index is -2.46. The number of allylic oxidation sites excluding steroid dienone is 1. The molecule has 7 heterocycles. The van der Waals surface area contributed by atoms with Crippen LogP contribution in [-0.4, -0.2) is 111 Å². The van der Waals surface area contributed by atoms with Crippen molar-refractivity contribution in [2.24, 2.45) is 33.5 Å². The monoisotopic (exact) mass is 1090 g/mol. The molecule has 15 nitrogen and oxygen atoms in total. The number of ether oxygens (including phenoxy) is 2. The van der Waals surface area contributed by atoms with Crippen molar-refractivity contribution in [3.05, 3.63) is 122 Å². The molecule has 5 aromatic rings. The standard InChI is InChI=1S/C66H69N5O10/c1-31-21-37-46(42(72)22-31)52(75)48-43-23-36-34(47(48)51(37)74)13-20-67-58(36)68-27-44(73)63-29-61(16-4-5-17-61)25-39(63)45-35-11-9-32-7-6-8-33-10-12-41-55(70-30-69-41)65(32,33)54(35)71-50(45)38-24-64(80-43)56(77)53(76)57(78)66(81-64)49(38)40(63)26-62(59(66)79)19-18-60(28-62)14-2-3-15-60/h9,11,13,20-24,30,32-33,39,44,53,56-57,59,71-73,76-79H,2-8,10,12,14-19,25-29H2,1H3,(H,67,68)(H,69,70). The van der Waals surface area contributed by atoms with E-state index in [0.29, 0.717) is 59.0 Å². The molecule has 1 saturated heterocycles. The Morgan fingerprint density at radius 1 is 0.815 bits per heavy atom. The van der Waals surface area contributed by atoms with Gasteiger partial charge in [0.15, 0.2) is 17.5 Å². The molecule has 2 aromatic carbocycles. The molecule has 13 unspecified atom stereocenters. The first-order valence-electron chi connectivity index (χ1n) is 30.5. The van der Waals surface area contributed by atoms with E-state index in [1.54, 1.807) is 37.4 Å². The fraction of sp³-hybridized carbons (Fsp3) is 0.545. The molecule has 6 fully saturated rings. The summed E-state index contributed by atoms with van der Waals surface area (Å²) >= 11 is 0. The van der Waals surface area contributed by atoms with Crippen LogP contribution in [0.4, 0.5) is 5.82 Å². The van der Waals surface area contributed by atoms with E-state index in [9.17, 15) is 30.6 Å². The Bertz CT molecular complexity index is 3820. The van der Waals surface area contributed by atoms with E-state index < -0.39 is 69.7 Å². The average molecular weight is 1090 g/mol. The Balaban J connectivity index is 0.989. The van der Waals surface area contributed by atoms with Gasteiger partial charge in [-0.3, -0.25) is 9.59 Å². The lowest BCUT2D eigenvalue weighted by Crippen LogP contribution is -2.79. The SMILES string of the molecule is Cc1cc(O)c2c(c1)C(=O)c1c(c3cc4c(nccc14)NCC(O)C14CC5(CCCC5)CC1c1c([nH]c5c1C=CC1CCCC6CCc7[nH]cnc7C516)C1=CC5(O3)OC3(C1=C4CC1(CCC4(CCCC4)C1)C3O)C(O)C(O)C5O)C2=O. The van der Waals surface area contributed by atoms with Crippen molar-refractivity contribution in [2.45, 2.75) is 182 Å². The third-order valence-electron chi connectivity index (χ3n) is 24.6. The van der Waals surface area contributed by atoms with E-state index in [0.717, 1.165) is 136 Å². The smallest absolute Gasteiger partial charge is 0.261 e. The quantitative estimate of drug-likeness (QED) is 0.0692. The van der Waals surface area contributed by atoms with Gasteiger partial charge in [-0.1, -0.05) is 49.8 Å². The number of benzene rings is 2. The summed E-state index contributed by atoms with van der Waals surface area (Å²) < 4.78 is 15.1. The summed E-state index contributed by atoms with van der Waals surface area (Å²) in [6.45, 7) is 1.77. The summed E-state index contributed by atoms with van der Waals surface area (Å²) in [5, 5.41) is 84.5. The van der Waals surface area contributed by atoms with E-state index in [-0.39, 0.29) is 68.9 Å². The van der Waals surface area contributed by atoms with Gasteiger partial charge in [-0.2, -0.15) is 0 Å². The number of ketones is 2. The van der Waals surface area contributed by atoms with Gasteiger partial charge in [0, 0.05) is 62.6 Å². The van der Waals surface area contributed by atoms with Crippen LogP contribution in [-0.2, 0) is 16.6 Å². The van der Waals surface area contributed by atoms with Crippen LogP contribution >= 0.6 is 0 Å². The molecule has 15 heteroatoms. The summed E-state index contributed by atoms with van der Waals surface area (Å²) in [5.41, 5.74) is 3.53. The number of aliphatic hydroxyl groups is 5. The number of nitrogens with one attached hydrogen (secondary N) is 3. The van der Waals surface area contributed by atoms with Gasteiger partial charge >= 0.3 is 0 Å². The lowest BCUT2D eigenvalue weighted by atomic mass is 9.50. The number of hydrogen-bond acceptors (Lipinski definition) is 13. The second-order valence-corrected chi connectivity index (χ2v) is 28.1. The van der Waals surface area contributed by atoms with Crippen LogP contribution in [0, 0.1) is 40.4 Å². The predicted molar refractivity (Wildman–Crippen MR) is 298 cm³/mol. The predicted octanol–water partition coefficient (Wildman–Crippen LogP) is 8.79. The van der Waals surface area contributed by atoms with Gasteiger partial charge in [0.2, 0.25) is 5.78 Å². The van der Waals surface area contributed by atoms with Crippen molar-refractivity contribution in [2.75, 3.05) is 11.9 Å². The number of rotatable bonds is 0. The van der Waals surface area contributed by atoms with E-state index in [1.807, 2.05) is 6.33 Å². The summed E-state index contributed by atoms with van der Waals surface area (Å²) in [6, 6.07) is 6.32. The van der Waals surface area contributed by atoms with Crippen LogP contribution in [0.3, 0.4) is 0 Å². The van der Waals surface area contributed by atoms with E-state index in [4.69, 9.17) is 19.4 Å². The van der Waals surface area contributed by atoms with Crippen LogP contribution in [0.15, 0.2) is 60.1 Å². The number of carbonyl (C=O) groups is 2. The maximum Gasteiger partial charge on any atom is 0.261 e. The lowest BCUT2D eigenvalue weighted by molar-refractivity contribution is -0.366. The zero-order valence-electron chi connectivity index (χ0n) is 45.7. The van der Waals surface area contributed by atoms with E-state index >= 15 is 9.59 Å². The molecule has 3 aromatic heterocycles.